The van der Waals surface area contributed by atoms with Crippen molar-refractivity contribution in [1.82, 2.24) is 0 Å². The molecule has 3 atom stereocenters. The Balaban J connectivity index is 4.19. The van der Waals surface area contributed by atoms with Gasteiger partial charge in [0.25, 0.3) is 0 Å². The van der Waals surface area contributed by atoms with Gasteiger partial charge in [-0.05, 0) is 96.3 Å². The lowest BCUT2D eigenvalue weighted by Crippen LogP contribution is -2.29. The smallest absolute Gasteiger partial charge is 0.457 e. The number of esters is 1. The molecule has 0 amide bonds. The minimum atomic E-state index is -4.54. The third-order valence-electron chi connectivity index (χ3n) is 10.8. The van der Waals surface area contributed by atoms with E-state index in [0.29, 0.717) is 13.0 Å². The van der Waals surface area contributed by atoms with Crippen molar-refractivity contribution < 1.29 is 43.0 Å². The normalized spacial score (nSPS) is 14.6. The highest BCUT2D eigenvalue weighted by molar-refractivity contribution is 7.47. The number of phosphoric acid groups is 1. The van der Waals surface area contributed by atoms with Gasteiger partial charge in [-0.1, -0.05) is 201 Å². The molecule has 10 heteroatoms. The highest BCUT2D eigenvalue weighted by Gasteiger charge is 2.26. The van der Waals surface area contributed by atoms with Crippen LogP contribution in [0.3, 0.4) is 0 Å². The maximum atomic E-state index is 12.7. The zero-order valence-corrected chi connectivity index (χ0v) is 42.8. The molecule has 0 aromatic heterocycles. The first-order chi connectivity index (χ1) is 32.3. The number of hydrogen-bond acceptors (Lipinski definition) is 8. The van der Waals surface area contributed by atoms with Gasteiger partial charge in [-0.2, -0.15) is 0 Å². The highest BCUT2D eigenvalue weighted by Crippen LogP contribution is 2.43. The summed E-state index contributed by atoms with van der Waals surface area (Å²) >= 11 is 0. The van der Waals surface area contributed by atoms with E-state index in [9.17, 15) is 19.4 Å². The first-order valence-corrected chi connectivity index (χ1v) is 27.7. The molecular weight excluding hydrogens is 848 g/mol. The van der Waals surface area contributed by atoms with Gasteiger partial charge >= 0.3 is 13.8 Å². The average Bonchev–Trinajstić information content (AvgIpc) is 3.31. The standard InChI is InChI=1S/C56H97O9P/c1-3-5-7-9-11-13-15-17-19-21-23-25-26-27-29-31-33-35-37-39-41-43-45-47-49-62-52-55(53-64-66(60,61)63-51-54(58)50-57)65-56(59)48-46-44-42-40-38-36-34-32-30-28-24-22-20-18-16-14-12-10-8-6-4-2/h5,7,11,13,17,19,22-25,27,29,33,35,39,41,54-55,57-58H,3-4,6,8-10,12,14-16,18,20-21,26,28,30-32,34,36-38,40,42-53H2,1-2H3,(H,60,61)/b7-5-,13-11-,19-17-,24-22-,25-23-,29-27-,35-33-,41-39-. The van der Waals surface area contributed by atoms with Crippen molar-refractivity contribution in [2.75, 3.05) is 33.0 Å². The summed E-state index contributed by atoms with van der Waals surface area (Å²) in [5.74, 6) is -0.402. The molecule has 66 heavy (non-hydrogen) atoms. The van der Waals surface area contributed by atoms with Crippen LogP contribution in [0.15, 0.2) is 97.2 Å². The fourth-order valence-electron chi connectivity index (χ4n) is 6.80. The molecule has 9 nitrogen and oxygen atoms in total. The number of phosphoric ester groups is 1. The van der Waals surface area contributed by atoms with Crippen LogP contribution in [0, 0.1) is 0 Å². The van der Waals surface area contributed by atoms with E-state index >= 15 is 0 Å². The van der Waals surface area contributed by atoms with Crippen LogP contribution in [0.4, 0.5) is 0 Å². The van der Waals surface area contributed by atoms with Gasteiger partial charge < -0.3 is 24.6 Å². The first-order valence-electron chi connectivity index (χ1n) is 26.2. The van der Waals surface area contributed by atoms with E-state index in [1.165, 1.54) is 96.3 Å². The Morgan fingerprint density at radius 2 is 0.864 bits per heavy atom. The van der Waals surface area contributed by atoms with E-state index in [-0.39, 0.29) is 13.0 Å². The topological polar surface area (TPSA) is 132 Å². The number of carbonyl (C=O) groups excluding carboxylic acids is 1. The number of carbonyl (C=O) groups is 1. The van der Waals surface area contributed by atoms with Gasteiger partial charge in [0.15, 0.2) is 0 Å². The van der Waals surface area contributed by atoms with Gasteiger partial charge in [0, 0.05) is 13.0 Å². The maximum Gasteiger partial charge on any atom is 0.472 e. The van der Waals surface area contributed by atoms with Crippen molar-refractivity contribution in [1.29, 1.82) is 0 Å². The average molecular weight is 945 g/mol. The lowest BCUT2D eigenvalue weighted by molar-refractivity contribution is -0.154. The monoisotopic (exact) mass is 945 g/mol. The summed E-state index contributed by atoms with van der Waals surface area (Å²) < 4.78 is 33.5. The van der Waals surface area contributed by atoms with Crippen molar-refractivity contribution in [3.63, 3.8) is 0 Å². The molecule has 380 valence electrons. The summed E-state index contributed by atoms with van der Waals surface area (Å²) in [7, 11) is -4.54. The maximum absolute atomic E-state index is 12.7. The van der Waals surface area contributed by atoms with E-state index in [1.807, 2.05) is 0 Å². The molecule has 0 saturated heterocycles. The molecule has 0 rings (SSSR count). The number of aliphatic hydroxyl groups is 2. The zero-order chi connectivity index (χ0) is 48.1. The van der Waals surface area contributed by atoms with Gasteiger partial charge in [0.2, 0.25) is 0 Å². The van der Waals surface area contributed by atoms with E-state index < -0.39 is 45.8 Å². The Hall–Kier alpha value is -2.62. The molecule has 0 spiro atoms. The first kappa shape index (κ1) is 63.4. The van der Waals surface area contributed by atoms with Crippen LogP contribution in [-0.4, -0.2) is 66.3 Å². The zero-order valence-electron chi connectivity index (χ0n) is 41.9. The van der Waals surface area contributed by atoms with Gasteiger partial charge in [-0.15, -0.1) is 0 Å². The predicted octanol–water partition coefficient (Wildman–Crippen LogP) is 15.6. The molecule has 0 radical (unpaired) electrons. The SMILES string of the molecule is CC/C=C\C/C=C\C/C=C\C/C=C\C/C=C\C/C=C\C/C=C\CCCCOCC(COP(=O)(O)OCC(O)CO)OC(=O)CCCCCCCCCCC/C=C\CCCCCCCCCC. The Bertz CT molecular complexity index is 1350. The third kappa shape index (κ3) is 50.8. The molecule has 0 bridgehead atoms. The van der Waals surface area contributed by atoms with E-state index in [2.05, 4.69) is 111 Å². The number of ether oxygens (including phenoxy) is 2. The summed E-state index contributed by atoms with van der Waals surface area (Å²) in [6.45, 7) is 3.29. The molecule has 0 aliphatic carbocycles. The van der Waals surface area contributed by atoms with Crippen molar-refractivity contribution in [3.05, 3.63) is 97.2 Å². The molecule has 0 fully saturated rings. The summed E-state index contributed by atoms with van der Waals surface area (Å²) in [5, 5.41) is 18.4. The summed E-state index contributed by atoms with van der Waals surface area (Å²) in [6.07, 6.45) is 66.7. The molecule has 0 aliphatic rings. The lowest BCUT2D eigenvalue weighted by Gasteiger charge is -2.20. The van der Waals surface area contributed by atoms with Crippen molar-refractivity contribution in [3.8, 4) is 0 Å². The quantitative estimate of drug-likeness (QED) is 0.0236. The second kappa shape index (κ2) is 51.8. The number of unbranched alkanes of at least 4 members (excludes halogenated alkanes) is 19. The van der Waals surface area contributed by atoms with E-state index in [1.54, 1.807) is 0 Å². The second-order valence-electron chi connectivity index (χ2n) is 17.2. The fraction of sp³-hybridized carbons (Fsp3) is 0.696. The lowest BCUT2D eigenvalue weighted by atomic mass is 10.1. The van der Waals surface area contributed by atoms with Crippen LogP contribution < -0.4 is 0 Å². The summed E-state index contributed by atoms with van der Waals surface area (Å²) in [4.78, 5) is 22.7. The number of rotatable bonds is 49. The minimum absolute atomic E-state index is 0.0130. The largest absolute Gasteiger partial charge is 0.472 e. The van der Waals surface area contributed by atoms with E-state index in [0.717, 1.165) is 83.5 Å². The summed E-state index contributed by atoms with van der Waals surface area (Å²) in [6, 6.07) is 0. The van der Waals surface area contributed by atoms with Gasteiger partial charge in [0.1, 0.15) is 12.2 Å². The third-order valence-corrected chi connectivity index (χ3v) is 11.7. The van der Waals surface area contributed by atoms with Crippen LogP contribution in [0.1, 0.15) is 206 Å². The predicted molar refractivity (Wildman–Crippen MR) is 278 cm³/mol. The molecule has 0 aromatic carbocycles. The highest BCUT2D eigenvalue weighted by atomic mass is 31.2. The van der Waals surface area contributed by atoms with Crippen LogP contribution in [-0.2, 0) is 27.9 Å². The molecular formula is C56H97O9P. The Kier molecular flexibility index (Phi) is 49.7. The molecule has 3 N–H and O–H groups in total. The Labute approximate surface area is 404 Å². The number of hydrogen-bond donors (Lipinski definition) is 3. The van der Waals surface area contributed by atoms with Crippen LogP contribution in [0.2, 0.25) is 0 Å². The fourth-order valence-corrected chi connectivity index (χ4v) is 7.59. The van der Waals surface area contributed by atoms with Crippen molar-refractivity contribution >= 4 is 13.8 Å². The van der Waals surface area contributed by atoms with Crippen LogP contribution in [0.5, 0.6) is 0 Å². The molecule has 0 aliphatic heterocycles. The van der Waals surface area contributed by atoms with E-state index in [4.69, 9.17) is 23.6 Å². The Morgan fingerprint density at radius 1 is 0.485 bits per heavy atom. The number of allylic oxidation sites excluding steroid dienone is 16. The summed E-state index contributed by atoms with van der Waals surface area (Å²) in [5.41, 5.74) is 0. The molecule has 0 heterocycles. The van der Waals surface area contributed by atoms with Crippen LogP contribution in [0.25, 0.3) is 0 Å². The molecule has 3 unspecified atom stereocenters. The molecule has 0 aromatic rings. The van der Waals surface area contributed by atoms with Crippen LogP contribution >= 0.6 is 7.82 Å². The van der Waals surface area contributed by atoms with Gasteiger partial charge in [0.05, 0.1) is 26.4 Å². The molecule has 0 saturated carbocycles. The van der Waals surface area contributed by atoms with Crippen molar-refractivity contribution in [2.24, 2.45) is 0 Å². The Morgan fingerprint density at radius 3 is 1.32 bits per heavy atom. The number of aliphatic hydroxyl groups excluding tert-OH is 2. The van der Waals surface area contributed by atoms with Gasteiger partial charge in [-0.3, -0.25) is 13.8 Å². The van der Waals surface area contributed by atoms with Gasteiger partial charge in [-0.25, -0.2) is 4.57 Å². The minimum Gasteiger partial charge on any atom is -0.457 e. The second-order valence-corrected chi connectivity index (χ2v) is 18.6. The van der Waals surface area contributed by atoms with Crippen molar-refractivity contribution in [2.45, 2.75) is 219 Å².